The van der Waals surface area contributed by atoms with E-state index in [4.69, 9.17) is 23.2 Å². The lowest BCUT2D eigenvalue weighted by atomic mass is 9.82. The fourth-order valence-corrected chi connectivity index (χ4v) is 6.36. The first-order chi connectivity index (χ1) is 14.9. The minimum Gasteiger partial charge on any atom is -0.334 e. The molecule has 0 spiro atoms. The highest BCUT2D eigenvalue weighted by Gasteiger charge is 2.34. The van der Waals surface area contributed by atoms with Crippen LogP contribution in [0.4, 0.5) is 0 Å². The van der Waals surface area contributed by atoms with Crippen molar-refractivity contribution in [3.63, 3.8) is 0 Å². The predicted octanol–water partition coefficient (Wildman–Crippen LogP) is 4.73. The summed E-state index contributed by atoms with van der Waals surface area (Å²) < 4.78 is 0.934. The second kappa shape index (κ2) is 7.93. The third kappa shape index (κ3) is 3.41. The van der Waals surface area contributed by atoms with Gasteiger partial charge in [0.2, 0.25) is 0 Å². The first-order valence-corrected chi connectivity index (χ1v) is 12.1. The summed E-state index contributed by atoms with van der Waals surface area (Å²) in [7, 11) is 0. The van der Waals surface area contributed by atoms with Crippen molar-refractivity contribution < 1.29 is 4.79 Å². The highest BCUT2D eigenvalue weighted by atomic mass is 35.5. The molecule has 0 aliphatic carbocycles. The molecular weight excluding hydrogens is 453 g/mol. The van der Waals surface area contributed by atoms with Gasteiger partial charge >= 0.3 is 0 Å². The minimum atomic E-state index is -0.154. The largest absolute Gasteiger partial charge is 0.334 e. The SMILES string of the molecule is Cc1[nH]c(=O)c(CN2CCc3c(Cl)cc(C(C)C4CNC4)c(Cl)c3C2=O)c2sccc12. The number of rotatable bonds is 4. The van der Waals surface area contributed by atoms with Crippen molar-refractivity contribution in [1.29, 1.82) is 0 Å². The minimum absolute atomic E-state index is 0.143. The predicted molar refractivity (Wildman–Crippen MR) is 127 cm³/mol. The average Bonchev–Trinajstić information content (AvgIpc) is 3.17. The first kappa shape index (κ1) is 21.0. The van der Waals surface area contributed by atoms with E-state index in [1.165, 1.54) is 11.3 Å². The molecule has 31 heavy (non-hydrogen) atoms. The molecular formula is C23H23Cl2N3O2S. The standard InChI is InChI=1S/C23H23Cl2N3O2S/c1-11(13-8-26-9-13)16-7-18(24)15-3-5-28(23(30)19(15)20(16)25)10-17-21-14(4-6-31-21)12(2)27-22(17)29/h4,6-7,11,13,26H,3,5,8-10H2,1-2H3,(H,27,29). The zero-order valence-electron chi connectivity index (χ0n) is 17.4. The number of aromatic nitrogens is 1. The molecule has 0 bridgehead atoms. The lowest BCUT2D eigenvalue weighted by Crippen LogP contribution is -2.45. The Labute approximate surface area is 194 Å². The van der Waals surface area contributed by atoms with Crippen LogP contribution in [0.2, 0.25) is 10.0 Å². The van der Waals surface area contributed by atoms with Gasteiger partial charge in [-0.15, -0.1) is 11.3 Å². The molecule has 5 nitrogen and oxygen atoms in total. The molecule has 1 saturated heterocycles. The number of fused-ring (bicyclic) bond motifs is 2. The molecule has 2 N–H and O–H groups in total. The summed E-state index contributed by atoms with van der Waals surface area (Å²) in [4.78, 5) is 30.9. The number of nitrogens with one attached hydrogen (secondary N) is 2. The van der Waals surface area contributed by atoms with Crippen molar-refractivity contribution in [1.82, 2.24) is 15.2 Å². The van der Waals surface area contributed by atoms with Crippen molar-refractivity contribution in [2.75, 3.05) is 19.6 Å². The van der Waals surface area contributed by atoms with Crippen LogP contribution in [-0.2, 0) is 13.0 Å². The lowest BCUT2D eigenvalue weighted by molar-refractivity contribution is 0.0727. The molecule has 0 saturated carbocycles. The van der Waals surface area contributed by atoms with Gasteiger partial charge in [-0.2, -0.15) is 0 Å². The van der Waals surface area contributed by atoms with E-state index in [9.17, 15) is 9.59 Å². The summed E-state index contributed by atoms with van der Waals surface area (Å²) in [6.07, 6.45) is 0.622. The lowest BCUT2D eigenvalue weighted by Gasteiger charge is -2.35. The van der Waals surface area contributed by atoms with Gasteiger partial charge in [0.05, 0.1) is 22.7 Å². The summed E-state index contributed by atoms with van der Waals surface area (Å²) in [5.74, 6) is 0.545. The van der Waals surface area contributed by atoms with Crippen LogP contribution in [-0.4, -0.2) is 35.4 Å². The molecule has 1 atom stereocenters. The average molecular weight is 476 g/mol. The molecule has 2 aromatic heterocycles. The van der Waals surface area contributed by atoms with Gasteiger partial charge in [-0.25, -0.2) is 0 Å². The van der Waals surface area contributed by atoms with E-state index >= 15 is 0 Å². The molecule has 5 rings (SSSR count). The van der Waals surface area contributed by atoms with Gasteiger partial charge in [0, 0.05) is 27.3 Å². The Morgan fingerprint density at radius 2 is 2.06 bits per heavy atom. The number of aromatic amines is 1. The Morgan fingerprint density at radius 1 is 1.29 bits per heavy atom. The smallest absolute Gasteiger partial charge is 0.256 e. The quantitative estimate of drug-likeness (QED) is 0.573. The second-order valence-corrected chi connectivity index (χ2v) is 10.2. The number of pyridine rings is 1. The molecule has 2 aliphatic rings. The molecule has 0 radical (unpaired) electrons. The number of benzene rings is 1. The number of nitrogens with zero attached hydrogens (tertiary/aromatic N) is 1. The Balaban J connectivity index is 1.53. The number of H-pyrrole nitrogens is 1. The number of carbonyl (C=O) groups excluding carboxylic acids is 1. The zero-order valence-corrected chi connectivity index (χ0v) is 19.7. The number of thiophene rings is 1. The maximum atomic E-state index is 13.5. The van der Waals surface area contributed by atoms with Gasteiger partial charge < -0.3 is 15.2 Å². The van der Waals surface area contributed by atoms with E-state index in [2.05, 4.69) is 17.2 Å². The molecule has 1 unspecified atom stereocenters. The van der Waals surface area contributed by atoms with Crippen molar-refractivity contribution in [3.05, 3.63) is 65.9 Å². The highest BCUT2D eigenvalue weighted by molar-refractivity contribution is 7.17. The van der Waals surface area contributed by atoms with Crippen LogP contribution in [0.1, 0.15) is 45.6 Å². The monoisotopic (exact) mass is 475 g/mol. The van der Waals surface area contributed by atoms with Gasteiger partial charge in [-0.3, -0.25) is 9.59 Å². The Bertz CT molecular complexity index is 1260. The van der Waals surface area contributed by atoms with Crippen LogP contribution < -0.4 is 10.9 Å². The number of halogens is 2. The summed E-state index contributed by atoms with van der Waals surface area (Å²) in [5.41, 5.74) is 3.57. The van der Waals surface area contributed by atoms with Crippen molar-refractivity contribution in [2.24, 2.45) is 5.92 Å². The fourth-order valence-electron chi connectivity index (χ4n) is 4.65. The van der Waals surface area contributed by atoms with Gasteiger partial charge in [0.15, 0.2) is 0 Å². The number of amides is 1. The molecule has 1 aromatic carbocycles. The van der Waals surface area contributed by atoms with Crippen LogP contribution in [0.15, 0.2) is 22.3 Å². The van der Waals surface area contributed by atoms with E-state index in [0.717, 1.165) is 40.0 Å². The summed E-state index contributed by atoms with van der Waals surface area (Å²) >= 11 is 15.0. The number of aryl methyl sites for hydroxylation is 1. The first-order valence-electron chi connectivity index (χ1n) is 10.5. The number of hydrogen-bond acceptors (Lipinski definition) is 4. The van der Waals surface area contributed by atoms with Crippen molar-refractivity contribution in [2.45, 2.75) is 32.7 Å². The molecule has 8 heteroatoms. The van der Waals surface area contributed by atoms with Crippen LogP contribution in [0.3, 0.4) is 0 Å². The van der Waals surface area contributed by atoms with Crippen molar-refractivity contribution >= 4 is 50.5 Å². The van der Waals surface area contributed by atoms with Gasteiger partial charge in [-0.05, 0) is 66.9 Å². The molecule has 1 fully saturated rings. The zero-order chi connectivity index (χ0) is 21.9. The van der Waals surface area contributed by atoms with Gasteiger partial charge in [-0.1, -0.05) is 30.1 Å². The summed E-state index contributed by atoms with van der Waals surface area (Å²) in [5, 5.41) is 7.40. The topological polar surface area (TPSA) is 65.2 Å². The fraction of sp³-hybridized carbons (Fsp3) is 0.391. The summed E-state index contributed by atoms with van der Waals surface area (Å²) in [6, 6.07) is 3.94. The maximum absolute atomic E-state index is 13.5. The van der Waals surface area contributed by atoms with Crippen LogP contribution in [0.25, 0.3) is 10.1 Å². The molecule has 1 amide bonds. The van der Waals surface area contributed by atoms with E-state index in [0.29, 0.717) is 40.1 Å². The third-order valence-electron chi connectivity index (χ3n) is 6.76. The molecule has 162 valence electrons. The van der Waals surface area contributed by atoms with Crippen molar-refractivity contribution in [3.8, 4) is 0 Å². The molecule has 2 aliphatic heterocycles. The Morgan fingerprint density at radius 3 is 2.77 bits per heavy atom. The molecule has 3 aromatic rings. The van der Waals surface area contributed by atoms with Gasteiger partial charge in [0.25, 0.3) is 11.5 Å². The summed E-state index contributed by atoms with van der Waals surface area (Å²) in [6.45, 7) is 6.68. The number of carbonyl (C=O) groups is 1. The number of hydrogen-bond donors (Lipinski definition) is 2. The van der Waals surface area contributed by atoms with Crippen LogP contribution in [0.5, 0.6) is 0 Å². The van der Waals surface area contributed by atoms with Crippen LogP contribution >= 0.6 is 34.5 Å². The van der Waals surface area contributed by atoms with Crippen LogP contribution in [0, 0.1) is 12.8 Å². The highest BCUT2D eigenvalue weighted by Crippen LogP contribution is 2.41. The normalized spacial score (nSPS) is 17.7. The third-order valence-corrected chi connectivity index (χ3v) is 8.47. The van der Waals surface area contributed by atoms with Gasteiger partial charge in [0.1, 0.15) is 0 Å². The maximum Gasteiger partial charge on any atom is 0.256 e. The second-order valence-electron chi connectivity index (χ2n) is 8.52. The Hall–Kier alpha value is -1.86. The van der Waals surface area contributed by atoms with E-state index < -0.39 is 0 Å². The Kier molecular flexibility index (Phi) is 5.37. The van der Waals surface area contributed by atoms with E-state index in [1.54, 1.807) is 4.90 Å². The van der Waals surface area contributed by atoms with E-state index in [1.807, 2.05) is 24.4 Å². The molecule has 4 heterocycles. The van der Waals surface area contributed by atoms with E-state index in [-0.39, 0.29) is 23.9 Å².